The van der Waals surface area contributed by atoms with Crippen LogP contribution in [0.2, 0.25) is 0 Å². The van der Waals surface area contributed by atoms with Gasteiger partial charge in [0.15, 0.2) is 5.82 Å². The molecule has 0 aliphatic rings. The molecule has 3 N–H and O–H groups in total. The summed E-state index contributed by atoms with van der Waals surface area (Å²) in [6.45, 7) is 16.0. The molecule has 3 aromatic heterocycles. The number of allylic oxidation sites excluding steroid dienone is 9. The van der Waals surface area contributed by atoms with E-state index in [1.807, 2.05) is 68.8 Å². The molecular formula is C26H30N6. The van der Waals surface area contributed by atoms with Crippen LogP contribution in [0.5, 0.6) is 0 Å². The lowest BCUT2D eigenvalue weighted by Crippen LogP contribution is -2.06. The molecule has 6 nitrogen and oxygen atoms in total. The van der Waals surface area contributed by atoms with E-state index >= 15 is 0 Å². The quantitative estimate of drug-likeness (QED) is 0.471. The number of aromatic nitrogens is 5. The summed E-state index contributed by atoms with van der Waals surface area (Å²) in [5.41, 5.74) is 13.6. The van der Waals surface area contributed by atoms with Gasteiger partial charge in [0.1, 0.15) is 17.7 Å². The number of hydrogen-bond acceptors (Lipinski definition) is 4. The summed E-state index contributed by atoms with van der Waals surface area (Å²) in [6.07, 6.45) is 15.7. The Labute approximate surface area is 189 Å². The van der Waals surface area contributed by atoms with Crippen LogP contribution in [0, 0.1) is 6.92 Å². The van der Waals surface area contributed by atoms with E-state index in [0.717, 1.165) is 50.7 Å². The fourth-order valence-corrected chi connectivity index (χ4v) is 3.61. The zero-order chi connectivity index (χ0) is 23.3. The number of nitrogens with two attached hydrogens (primary N) is 1. The number of nitrogens with zero attached hydrogens (tertiary/aromatic N) is 4. The molecule has 3 rings (SSSR count). The second-order valence-corrected chi connectivity index (χ2v) is 7.54. The molecule has 0 bridgehead atoms. The molecule has 0 amide bonds. The van der Waals surface area contributed by atoms with Gasteiger partial charge in [-0.25, -0.2) is 15.0 Å². The van der Waals surface area contributed by atoms with Crippen molar-refractivity contribution in [3.05, 3.63) is 108 Å². The number of aryl methyl sites for hydroxylation is 1. The number of fused-ring (bicyclic) bond motifs is 1. The van der Waals surface area contributed by atoms with Gasteiger partial charge in [-0.3, -0.25) is 4.57 Å². The Hall–Kier alpha value is -3.93. The number of pyridine rings is 1. The molecule has 0 spiro atoms. The third kappa shape index (κ3) is 4.86. The highest BCUT2D eigenvalue weighted by atomic mass is 15.1. The minimum atomic E-state index is 0.535. The molecule has 6 heteroatoms. The monoisotopic (exact) mass is 426 g/mol. The Morgan fingerprint density at radius 2 is 2.03 bits per heavy atom. The zero-order valence-corrected chi connectivity index (χ0v) is 19.2. The van der Waals surface area contributed by atoms with Gasteiger partial charge in [-0.1, -0.05) is 37.5 Å². The maximum absolute atomic E-state index is 6.34. The minimum absolute atomic E-state index is 0.535. The van der Waals surface area contributed by atoms with Crippen LogP contribution in [0.15, 0.2) is 96.3 Å². The van der Waals surface area contributed by atoms with Crippen LogP contribution in [0.4, 0.5) is 0 Å². The van der Waals surface area contributed by atoms with E-state index in [1.165, 1.54) is 0 Å². The normalized spacial score (nSPS) is 13.6. The van der Waals surface area contributed by atoms with E-state index in [1.54, 1.807) is 18.6 Å². The van der Waals surface area contributed by atoms with E-state index in [0.29, 0.717) is 12.1 Å². The predicted octanol–water partition coefficient (Wildman–Crippen LogP) is 5.42. The zero-order valence-electron chi connectivity index (χ0n) is 19.2. The average molecular weight is 427 g/mol. The van der Waals surface area contributed by atoms with Crippen molar-refractivity contribution in [1.29, 1.82) is 0 Å². The number of imidazole rings is 2. The van der Waals surface area contributed by atoms with Crippen LogP contribution in [-0.2, 0) is 6.42 Å². The van der Waals surface area contributed by atoms with Crippen LogP contribution < -0.4 is 5.73 Å². The number of hydrogen-bond donors (Lipinski definition) is 2. The highest BCUT2D eigenvalue weighted by Gasteiger charge is 2.13. The topological polar surface area (TPSA) is 85.4 Å². The van der Waals surface area contributed by atoms with Crippen molar-refractivity contribution in [2.75, 3.05) is 0 Å². The molecule has 3 aromatic rings. The van der Waals surface area contributed by atoms with E-state index in [-0.39, 0.29) is 0 Å². The highest BCUT2D eigenvalue weighted by molar-refractivity contribution is 5.81. The van der Waals surface area contributed by atoms with E-state index in [2.05, 4.69) is 28.1 Å². The van der Waals surface area contributed by atoms with Crippen LogP contribution in [0.1, 0.15) is 32.3 Å². The van der Waals surface area contributed by atoms with Crippen LogP contribution >= 0.6 is 0 Å². The minimum Gasteiger partial charge on any atom is -0.399 e. The summed E-state index contributed by atoms with van der Waals surface area (Å²) in [5, 5.41) is 0. The second-order valence-electron chi connectivity index (χ2n) is 7.54. The van der Waals surface area contributed by atoms with Crippen molar-refractivity contribution in [3.63, 3.8) is 0 Å². The maximum Gasteiger partial charge on any atom is 0.166 e. The first kappa shape index (κ1) is 22.7. The number of H-pyrrole nitrogens is 1. The van der Waals surface area contributed by atoms with Crippen molar-refractivity contribution in [3.8, 4) is 5.82 Å². The van der Waals surface area contributed by atoms with Crippen LogP contribution in [0.3, 0.4) is 0 Å². The average Bonchev–Trinajstić information content (AvgIpc) is 3.38. The lowest BCUT2D eigenvalue weighted by atomic mass is 9.96. The Morgan fingerprint density at radius 1 is 1.25 bits per heavy atom. The molecule has 3 heterocycles. The summed E-state index contributed by atoms with van der Waals surface area (Å²) in [4.78, 5) is 17.0. The first-order valence-electron chi connectivity index (χ1n) is 10.5. The smallest absolute Gasteiger partial charge is 0.166 e. The van der Waals surface area contributed by atoms with Crippen molar-refractivity contribution in [2.45, 2.75) is 34.1 Å². The molecule has 0 fully saturated rings. The van der Waals surface area contributed by atoms with Gasteiger partial charge in [-0.15, -0.1) is 0 Å². The van der Waals surface area contributed by atoms with Crippen molar-refractivity contribution in [2.24, 2.45) is 5.73 Å². The summed E-state index contributed by atoms with van der Waals surface area (Å²) in [6, 6.07) is 1.92. The van der Waals surface area contributed by atoms with Crippen molar-refractivity contribution >= 4 is 11.0 Å². The van der Waals surface area contributed by atoms with E-state index in [9.17, 15) is 0 Å². The molecule has 32 heavy (non-hydrogen) atoms. The fraction of sp³-hybridized carbons (Fsp3) is 0.192. The SMILES string of the molecule is C=C/C=C(C)\C(=C/C)C(=C)/C=C(Cc1nc2c(-n3cnc(C)c3)nccc2[nH]1)\C(N)=C/C. The van der Waals surface area contributed by atoms with Crippen LogP contribution in [0.25, 0.3) is 16.9 Å². The van der Waals surface area contributed by atoms with Crippen molar-refractivity contribution in [1.82, 2.24) is 24.5 Å². The molecule has 0 aliphatic heterocycles. The lowest BCUT2D eigenvalue weighted by molar-refractivity contribution is 0.989. The largest absolute Gasteiger partial charge is 0.399 e. The molecule has 0 saturated carbocycles. The van der Waals surface area contributed by atoms with Gasteiger partial charge in [-0.05, 0) is 62.1 Å². The Bertz CT molecular complexity index is 1280. The molecule has 0 saturated heterocycles. The van der Waals surface area contributed by atoms with Gasteiger partial charge in [0.05, 0.1) is 11.2 Å². The molecule has 0 aromatic carbocycles. The number of nitrogens with one attached hydrogen (secondary N) is 1. The fourth-order valence-electron chi connectivity index (χ4n) is 3.61. The standard InChI is InChI=1S/C26H30N6/c1-7-10-17(4)21(8-2)18(5)13-20(22(27)9-3)14-24-30-23-11-12-28-26(25(23)31-24)32-15-19(6)29-16-32/h7-13,15-16H,1,5,14,27H2,2-4,6H3,(H,30,31)/b17-10-,20-13-,21-8+,22-9+. The van der Waals surface area contributed by atoms with Gasteiger partial charge in [-0.2, -0.15) is 0 Å². The summed E-state index contributed by atoms with van der Waals surface area (Å²) >= 11 is 0. The highest BCUT2D eigenvalue weighted by Crippen LogP contribution is 2.24. The van der Waals surface area contributed by atoms with Crippen LogP contribution in [-0.4, -0.2) is 24.5 Å². The number of rotatable bonds is 8. The van der Waals surface area contributed by atoms with Gasteiger partial charge < -0.3 is 10.7 Å². The van der Waals surface area contributed by atoms with Gasteiger partial charge in [0.2, 0.25) is 0 Å². The number of aromatic amines is 1. The summed E-state index contributed by atoms with van der Waals surface area (Å²) in [7, 11) is 0. The molecule has 0 aliphatic carbocycles. The third-order valence-electron chi connectivity index (χ3n) is 5.20. The van der Waals surface area contributed by atoms with E-state index < -0.39 is 0 Å². The first-order chi connectivity index (χ1) is 15.4. The molecule has 0 unspecified atom stereocenters. The third-order valence-corrected chi connectivity index (χ3v) is 5.20. The van der Waals surface area contributed by atoms with E-state index in [4.69, 9.17) is 10.7 Å². The maximum atomic E-state index is 6.34. The van der Waals surface area contributed by atoms with Crippen molar-refractivity contribution < 1.29 is 0 Å². The summed E-state index contributed by atoms with van der Waals surface area (Å²) in [5.74, 6) is 1.54. The lowest BCUT2D eigenvalue weighted by Gasteiger charge is -2.11. The Kier molecular flexibility index (Phi) is 7.05. The molecular weight excluding hydrogens is 396 g/mol. The van der Waals surface area contributed by atoms with Gasteiger partial charge in [0, 0.05) is 24.5 Å². The Morgan fingerprint density at radius 3 is 2.66 bits per heavy atom. The summed E-state index contributed by atoms with van der Waals surface area (Å²) < 4.78 is 1.88. The second kappa shape index (κ2) is 9.92. The molecule has 0 atom stereocenters. The Balaban J connectivity index is 1.99. The predicted molar refractivity (Wildman–Crippen MR) is 132 cm³/mol. The molecule has 0 radical (unpaired) electrons. The molecule has 164 valence electrons. The first-order valence-corrected chi connectivity index (χ1v) is 10.5. The van der Waals surface area contributed by atoms with Gasteiger partial charge in [0.25, 0.3) is 0 Å². The van der Waals surface area contributed by atoms with Gasteiger partial charge >= 0.3 is 0 Å².